The van der Waals surface area contributed by atoms with E-state index in [-0.39, 0.29) is 11.8 Å². The van der Waals surface area contributed by atoms with Crippen LogP contribution >= 0.6 is 0 Å². The molecule has 1 fully saturated rings. The summed E-state index contributed by atoms with van der Waals surface area (Å²) in [4.78, 5) is 28.2. The molecule has 0 bridgehead atoms. The zero-order valence-electron chi connectivity index (χ0n) is 15.4. The molecule has 0 radical (unpaired) electrons. The lowest BCUT2D eigenvalue weighted by Gasteiger charge is -2.26. The lowest BCUT2D eigenvalue weighted by molar-refractivity contribution is -0.131. The SMILES string of the molecule is COc1ccc(OC)c(N(CCC(=O)N2CCCCCC2)C(C)=O)c1. The van der Waals surface area contributed by atoms with Crippen LogP contribution in [-0.4, -0.2) is 50.6 Å². The van der Waals surface area contributed by atoms with Gasteiger partial charge in [-0.3, -0.25) is 9.59 Å². The van der Waals surface area contributed by atoms with Crippen LogP contribution in [0.15, 0.2) is 18.2 Å². The van der Waals surface area contributed by atoms with Gasteiger partial charge in [0.15, 0.2) is 0 Å². The van der Waals surface area contributed by atoms with Crippen LogP contribution in [0.1, 0.15) is 39.0 Å². The molecule has 6 heteroatoms. The maximum atomic E-state index is 12.5. The maximum Gasteiger partial charge on any atom is 0.224 e. The van der Waals surface area contributed by atoms with Gasteiger partial charge in [-0.1, -0.05) is 12.8 Å². The summed E-state index contributed by atoms with van der Waals surface area (Å²) in [6, 6.07) is 5.31. The van der Waals surface area contributed by atoms with Crippen molar-refractivity contribution in [3.8, 4) is 11.5 Å². The molecule has 0 saturated carbocycles. The molecule has 0 atom stereocenters. The standard InChI is InChI=1S/C19H28N2O4/c1-15(22)21(17-14-16(24-2)8-9-18(17)25-3)13-10-19(23)20-11-6-4-5-7-12-20/h8-9,14H,4-7,10-13H2,1-3H3. The van der Waals surface area contributed by atoms with Crippen LogP contribution in [0.5, 0.6) is 11.5 Å². The highest BCUT2D eigenvalue weighted by Gasteiger charge is 2.21. The van der Waals surface area contributed by atoms with Crippen molar-refractivity contribution >= 4 is 17.5 Å². The van der Waals surface area contributed by atoms with Crippen molar-refractivity contribution in [1.29, 1.82) is 0 Å². The van der Waals surface area contributed by atoms with Gasteiger partial charge in [-0.15, -0.1) is 0 Å². The summed E-state index contributed by atoms with van der Waals surface area (Å²) in [5.74, 6) is 1.20. The molecule has 1 aromatic rings. The van der Waals surface area contributed by atoms with Crippen LogP contribution in [0, 0.1) is 0 Å². The Morgan fingerprint density at radius 1 is 1.08 bits per heavy atom. The summed E-state index contributed by atoms with van der Waals surface area (Å²) in [6.07, 6.45) is 4.80. The summed E-state index contributed by atoms with van der Waals surface area (Å²) in [7, 11) is 3.14. The highest BCUT2D eigenvalue weighted by Crippen LogP contribution is 2.32. The van der Waals surface area contributed by atoms with Gasteiger partial charge in [0, 0.05) is 39.0 Å². The Morgan fingerprint density at radius 2 is 1.76 bits per heavy atom. The van der Waals surface area contributed by atoms with E-state index in [1.165, 1.54) is 19.8 Å². The van der Waals surface area contributed by atoms with Crippen LogP contribution in [0.4, 0.5) is 5.69 Å². The number of anilines is 1. The number of likely N-dealkylation sites (tertiary alicyclic amines) is 1. The minimum absolute atomic E-state index is 0.106. The summed E-state index contributed by atoms with van der Waals surface area (Å²) in [5, 5.41) is 0. The van der Waals surface area contributed by atoms with Gasteiger partial charge < -0.3 is 19.3 Å². The van der Waals surface area contributed by atoms with E-state index in [0.29, 0.717) is 30.2 Å². The van der Waals surface area contributed by atoms with E-state index >= 15 is 0 Å². The first-order chi connectivity index (χ1) is 12.1. The number of carbonyl (C=O) groups is 2. The molecule has 6 nitrogen and oxygen atoms in total. The minimum Gasteiger partial charge on any atom is -0.497 e. The number of carbonyl (C=O) groups excluding carboxylic acids is 2. The van der Waals surface area contributed by atoms with Gasteiger partial charge in [0.25, 0.3) is 0 Å². The molecule has 138 valence electrons. The average molecular weight is 348 g/mol. The first-order valence-corrected chi connectivity index (χ1v) is 8.84. The monoisotopic (exact) mass is 348 g/mol. The Kier molecular flexibility index (Phi) is 7.10. The first-order valence-electron chi connectivity index (χ1n) is 8.84. The molecule has 1 saturated heterocycles. The Hall–Kier alpha value is -2.24. The third-order valence-electron chi connectivity index (χ3n) is 4.56. The summed E-state index contributed by atoms with van der Waals surface area (Å²) in [6.45, 7) is 3.46. The van der Waals surface area contributed by atoms with Gasteiger partial charge in [0.1, 0.15) is 11.5 Å². The number of ether oxygens (including phenoxy) is 2. The van der Waals surface area contributed by atoms with Crippen molar-refractivity contribution < 1.29 is 19.1 Å². The topological polar surface area (TPSA) is 59.1 Å². The third-order valence-corrected chi connectivity index (χ3v) is 4.56. The lowest BCUT2D eigenvalue weighted by Crippen LogP contribution is -2.37. The molecular formula is C19H28N2O4. The molecule has 0 aromatic heterocycles. The van der Waals surface area contributed by atoms with Gasteiger partial charge in [0.05, 0.1) is 19.9 Å². The second kappa shape index (κ2) is 9.30. The number of methoxy groups -OCH3 is 2. The fourth-order valence-electron chi connectivity index (χ4n) is 3.14. The molecule has 0 unspecified atom stereocenters. The third kappa shape index (κ3) is 5.11. The molecule has 2 rings (SSSR count). The van der Waals surface area contributed by atoms with Crippen molar-refractivity contribution in [3.05, 3.63) is 18.2 Å². The smallest absolute Gasteiger partial charge is 0.224 e. The quantitative estimate of drug-likeness (QED) is 0.793. The number of hydrogen-bond donors (Lipinski definition) is 0. The van der Waals surface area contributed by atoms with E-state index in [2.05, 4.69) is 0 Å². The normalized spacial score (nSPS) is 14.6. The molecular weight excluding hydrogens is 320 g/mol. The molecule has 1 heterocycles. The van der Waals surface area contributed by atoms with Crippen molar-refractivity contribution in [3.63, 3.8) is 0 Å². The Balaban J connectivity index is 2.10. The second-order valence-electron chi connectivity index (χ2n) is 6.25. The molecule has 1 aliphatic rings. The minimum atomic E-state index is -0.129. The fourth-order valence-corrected chi connectivity index (χ4v) is 3.14. The zero-order chi connectivity index (χ0) is 18.2. The highest BCUT2D eigenvalue weighted by atomic mass is 16.5. The Labute approximate surface area is 149 Å². The number of amides is 2. The zero-order valence-corrected chi connectivity index (χ0v) is 15.4. The average Bonchev–Trinajstić information content (AvgIpc) is 2.90. The van der Waals surface area contributed by atoms with Gasteiger partial charge in [-0.25, -0.2) is 0 Å². The molecule has 25 heavy (non-hydrogen) atoms. The van der Waals surface area contributed by atoms with Gasteiger partial charge in [0.2, 0.25) is 11.8 Å². The number of nitrogens with zero attached hydrogens (tertiary/aromatic N) is 2. The van der Waals surface area contributed by atoms with E-state index in [0.717, 1.165) is 25.9 Å². The summed E-state index contributed by atoms with van der Waals surface area (Å²) < 4.78 is 10.6. The van der Waals surface area contributed by atoms with Crippen LogP contribution in [0.2, 0.25) is 0 Å². The van der Waals surface area contributed by atoms with Gasteiger partial charge in [-0.2, -0.15) is 0 Å². The fraction of sp³-hybridized carbons (Fsp3) is 0.579. The molecule has 0 aliphatic carbocycles. The van der Waals surface area contributed by atoms with Gasteiger partial charge in [-0.05, 0) is 25.0 Å². The largest absolute Gasteiger partial charge is 0.497 e. The van der Waals surface area contributed by atoms with Gasteiger partial charge >= 0.3 is 0 Å². The van der Waals surface area contributed by atoms with Crippen molar-refractivity contribution in [2.45, 2.75) is 39.0 Å². The predicted molar refractivity (Wildman–Crippen MR) is 97.2 cm³/mol. The van der Waals surface area contributed by atoms with Crippen molar-refractivity contribution in [1.82, 2.24) is 4.90 Å². The van der Waals surface area contributed by atoms with E-state index in [9.17, 15) is 9.59 Å². The maximum absolute atomic E-state index is 12.5. The van der Waals surface area contributed by atoms with Crippen molar-refractivity contribution in [2.24, 2.45) is 0 Å². The van der Waals surface area contributed by atoms with Crippen LogP contribution in [0.3, 0.4) is 0 Å². The summed E-state index contributed by atoms with van der Waals surface area (Å²) >= 11 is 0. The Morgan fingerprint density at radius 3 is 2.32 bits per heavy atom. The second-order valence-corrected chi connectivity index (χ2v) is 6.25. The molecule has 0 N–H and O–H groups in total. The Bertz CT molecular complexity index is 595. The highest BCUT2D eigenvalue weighted by molar-refractivity contribution is 5.94. The van der Waals surface area contributed by atoms with Crippen LogP contribution < -0.4 is 14.4 Å². The van der Waals surface area contributed by atoms with E-state index in [1.807, 2.05) is 4.90 Å². The summed E-state index contributed by atoms with van der Waals surface area (Å²) in [5.41, 5.74) is 0.623. The molecule has 2 amide bonds. The van der Waals surface area contributed by atoms with Crippen LogP contribution in [-0.2, 0) is 9.59 Å². The molecule has 1 aliphatic heterocycles. The number of benzene rings is 1. The number of rotatable bonds is 6. The van der Waals surface area contributed by atoms with Crippen LogP contribution in [0.25, 0.3) is 0 Å². The van der Waals surface area contributed by atoms with Crippen molar-refractivity contribution in [2.75, 3.05) is 38.8 Å². The molecule has 1 aromatic carbocycles. The first kappa shape index (κ1) is 19.1. The van der Waals surface area contributed by atoms with E-state index in [1.54, 1.807) is 37.3 Å². The van der Waals surface area contributed by atoms with E-state index in [4.69, 9.17) is 9.47 Å². The predicted octanol–water partition coefficient (Wildman–Crippen LogP) is 2.85. The number of hydrogen-bond acceptors (Lipinski definition) is 4. The van der Waals surface area contributed by atoms with E-state index < -0.39 is 0 Å². The molecule has 0 spiro atoms. The lowest BCUT2D eigenvalue weighted by atomic mass is 10.2.